The number of benzene rings is 1. The summed E-state index contributed by atoms with van der Waals surface area (Å²) in [7, 11) is 0. The van der Waals surface area contributed by atoms with Crippen LogP contribution in [-0.4, -0.2) is 72.8 Å². The van der Waals surface area contributed by atoms with Crippen molar-refractivity contribution in [1.82, 2.24) is 15.5 Å². The lowest BCUT2D eigenvalue weighted by Crippen LogP contribution is -2.52. The monoisotopic (exact) mass is 471 g/mol. The molecular formula is C24H29N3O7. The molecular weight excluding hydrogens is 442 g/mol. The van der Waals surface area contributed by atoms with Crippen molar-refractivity contribution in [3.63, 3.8) is 0 Å². The Hall–Kier alpha value is -3.42. The van der Waals surface area contributed by atoms with Crippen molar-refractivity contribution in [1.29, 1.82) is 0 Å². The lowest BCUT2D eigenvalue weighted by atomic mass is 10.0. The van der Waals surface area contributed by atoms with Crippen LogP contribution in [0.2, 0.25) is 0 Å². The first kappa shape index (κ1) is 25.2. The number of carbonyl (C=O) groups excluding carboxylic acids is 3. The van der Waals surface area contributed by atoms with Crippen LogP contribution in [0.3, 0.4) is 0 Å². The van der Waals surface area contributed by atoms with E-state index >= 15 is 0 Å². The van der Waals surface area contributed by atoms with Gasteiger partial charge in [-0.15, -0.1) is 0 Å². The predicted octanol–water partition coefficient (Wildman–Crippen LogP) is 1.27. The molecule has 1 aromatic rings. The number of imide groups is 1. The maximum Gasteiger partial charge on any atom is 0.404 e. The van der Waals surface area contributed by atoms with Gasteiger partial charge in [0, 0.05) is 43.7 Å². The average Bonchev–Trinajstić information content (AvgIpc) is 3.14. The van der Waals surface area contributed by atoms with Crippen LogP contribution in [0, 0.1) is 11.8 Å². The third-order valence-electron chi connectivity index (χ3n) is 5.54. The van der Waals surface area contributed by atoms with E-state index in [4.69, 9.17) is 14.6 Å². The Bertz CT molecular complexity index is 983. The number of nitrogens with one attached hydrogen (secondary N) is 2. The third-order valence-corrected chi connectivity index (χ3v) is 5.54. The number of carbonyl (C=O) groups is 4. The number of ether oxygens (including phenoxy) is 2. The maximum absolute atomic E-state index is 12.8. The van der Waals surface area contributed by atoms with E-state index in [1.54, 1.807) is 12.1 Å². The number of hydrogen-bond donors (Lipinski definition) is 3. The van der Waals surface area contributed by atoms with Crippen molar-refractivity contribution in [2.75, 3.05) is 33.0 Å². The van der Waals surface area contributed by atoms with Crippen LogP contribution >= 0.6 is 0 Å². The van der Waals surface area contributed by atoms with E-state index in [0.717, 1.165) is 24.0 Å². The first-order valence-corrected chi connectivity index (χ1v) is 11.3. The quantitative estimate of drug-likeness (QED) is 0.251. The first-order chi connectivity index (χ1) is 16.5. The molecule has 1 fully saturated rings. The van der Waals surface area contributed by atoms with Crippen molar-refractivity contribution in [2.45, 2.75) is 44.7 Å². The number of piperidine rings is 1. The van der Waals surface area contributed by atoms with Crippen molar-refractivity contribution in [3.8, 4) is 11.8 Å². The van der Waals surface area contributed by atoms with E-state index in [1.165, 1.54) is 4.90 Å². The summed E-state index contributed by atoms with van der Waals surface area (Å²) in [6.07, 6.45) is 1.90. The average molecular weight is 472 g/mol. The van der Waals surface area contributed by atoms with Gasteiger partial charge in [0.2, 0.25) is 11.8 Å². The van der Waals surface area contributed by atoms with Gasteiger partial charge in [-0.25, -0.2) is 4.79 Å². The normalized spacial score (nSPS) is 17.1. The van der Waals surface area contributed by atoms with Crippen LogP contribution < -0.4 is 10.6 Å². The molecule has 1 saturated heterocycles. The predicted molar refractivity (Wildman–Crippen MR) is 121 cm³/mol. The van der Waals surface area contributed by atoms with Crippen LogP contribution in [0.4, 0.5) is 4.79 Å². The Morgan fingerprint density at radius 1 is 1.15 bits per heavy atom. The first-order valence-electron chi connectivity index (χ1n) is 11.3. The molecule has 1 atom stereocenters. The molecule has 3 rings (SSSR count). The van der Waals surface area contributed by atoms with Gasteiger partial charge in [0.05, 0.1) is 19.8 Å². The highest BCUT2D eigenvalue weighted by Crippen LogP contribution is 2.29. The molecule has 1 aromatic carbocycles. The Balaban J connectivity index is 1.37. The third kappa shape index (κ3) is 7.04. The fourth-order valence-corrected chi connectivity index (χ4v) is 3.83. The molecule has 10 heteroatoms. The summed E-state index contributed by atoms with van der Waals surface area (Å²) in [6, 6.07) is 4.79. The van der Waals surface area contributed by atoms with Gasteiger partial charge >= 0.3 is 6.09 Å². The summed E-state index contributed by atoms with van der Waals surface area (Å²) in [5.41, 5.74) is 2.17. The van der Waals surface area contributed by atoms with Gasteiger partial charge in [0.1, 0.15) is 6.04 Å². The molecule has 0 bridgehead atoms. The molecule has 0 spiro atoms. The zero-order valence-corrected chi connectivity index (χ0v) is 18.9. The minimum atomic E-state index is -1.07. The molecule has 0 saturated carbocycles. The van der Waals surface area contributed by atoms with E-state index in [0.29, 0.717) is 51.4 Å². The van der Waals surface area contributed by atoms with Crippen molar-refractivity contribution >= 4 is 23.8 Å². The molecule has 3 N–H and O–H groups in total. The van der Waals surface area contributed by atoms with Crippen molar-refractivity contribution < 1.29 is 33.8 Å². The Morgan fingerprint density at radius 3 is 2.71 bits per heavy atom. The number of hydrogen-bond acceptors (Lipinski definition) is 6. The number of rotatable bonds is 11. The van der Waals surface area contributed by atoms with Gasteiger partial charge in [-0.2, -0.15) is 0 Å². The highest BCUT2D eigenvalue weighted by atomic mass is 16.5. The summed E-state index contributed by atoms with van der Waals surface area (Å²) in [4.78, 5) is 48.3. The summed E-state index contributed by atoms with van der Waals surface area (Å²) < 4.78 is 10.7. The van der Waals surface area contributed by atoms with E-state index in [-0.39, 0.29) is 24.8 Å². The van der Waals surface area contributed by atoms with Crippen LogP contribution in [0.5, 0.6) is 0 Å². The molecule has 2 heterocycles. The lowest BCUT2D eigenvalue weighted by molar-refractivity contribution is -0.136. The van der Waals surface area contributed by atoms with E-state index < -0.39 is 18.0 Å². The second kappa shape index (κ2) is 12.7. The zero-order chi connectivity index (χ0) is 24.3. The molecule has 2 aliphatic heterocycles. The van der Waals surface area contributed by atoms with Gasteiger partial charge in [0.25, 0.3) is 5.91 Å². The topological polar surface area (TPSA) is 134 Å². The minimum absolute atomic E-state index is 0.201. The van der Waals surface area contributed by atoms with Gasteiger partial charge in [-0.1, -0.05) is 17.9 Å². The van der Waals surface area contributed by atoms with Crippen LogP contribution in [0.1, 0.15) is 53.6 Å². The summed E-state index contributed by atoms with van der Waals surface area (Å²) in [5, 5.41) is 13.0. The molecule has 0 aromatic heterocycles. The number of fused-ring (bicyclic) bond motifs is 1. The Morgan fingerprint density at radius 2 is 1.94 bits per heavy atom. The molecule has 2 aliphatic rings. The SMILES string of the molecule is O=C(O)NCCOCCOCCCCC#Cc1cccc2c1CN(C1CCC(=O)NC1=O)C2=O. The molecule has 0 aliphatic carbocycles. The standard InChI is InChI=1S/C24H29N3O7/c28-21-10-9-20(22(29)26-21)27-16-19-17(7-5-8-18(19)23(27)30)6-3-1-2-4-12-33-14-15-34-13-11-25-24(31)32/h5,7-8,20,25H,1-2,4,9-16H2,(H,31,32)(H,26,28,29). The number of nitrogens with zero attached hydrogens (tertiary/aromatic N) is 1. The van der Waals surface area contributed by atoms with E-state index in [9.17, 15) is 19.2 Å². The van der Waals surface area contributed by atoms with Gasteiger partial charge < -0.3 is 24.8 Å². The molecule has 34 heavy (non-hydrogen) atoms. The van der Waals surface area contributed by atoms with Crippen LogP contribution in [-0.2, 0) is 25.6 Å². The summed E-state index contributed by atoms with van der Waals surface area (Å²) in [6.45, 7) is 2.33. The van der Waals surface area contributed by atoms with Crippen molar-refractivity contribution in [3.05, 3.63) is 34.9 Å². The van der Waals surface area contributed by atoms with Crippen molar-refractivity contribution in [2.24, 2.45) is 0 Å². The molecule has 0 radical (unpaired) electrons. The largest absolute Gasteiger partial charge is 0.465 e. The van der Waals surface area contributed by atoms with E-state index in [1.807, 2.05) is 6.07 Å². The number of carboxylic acid groups (broad SMARTS) is 1. The van der Waals surface area contributed by atoms with Gasteiger partial charge in [0.15, 0.2) is 0 Å². The maximum atomic E-state index is 12.8. The Labute approximate surface area is 198 Å². The lowest BCUT2D eigenvalue weighted by Gasteiger charge is -2.29. The zero-order valence-electron chi connectivity index (χ0n) is 18.9. The van der Waals surface area contributed by atoms with E-state index in [2.05, 4.69) is 22.5 Å². The second-order valence-corrected chi connectivity index (χ2v) is 7.95. The number of unbranched alkanes of at least 4 members (excludes halogenated alkanes) is 2. The second-order valence-electron chi connectivity index (χ2n) is 7.95. The highest BCUT2D eigenvalue weighted by Gasteiger charge is 2.39. The number of amides is 4. The summed E-state index contributed by atoms with van der Waals surface area (Å²) in [5.74, 6) is 5.38. The molecule has 10 nitrogen and oxygen atoms in total. The molecule has 182 valence electrons. The minimum Gasteiger partial charge on any atom is -0.465 e. The smallest absolute Gasteiger partial charge is 0.404 e. The Kier molecular flexibility index (Phi) is 9.43. The van der Waals surface area contributed by atoms with Crippen LogP contribution in [0.15, 0.2) is 18.2 Å². The fourth-order valence-electron chi connectivity index (χ4n) is 3.83. The molecule has 4 amide bonds. The highest BCUT2D eigenvalue weighted by molar-refractivity contribution is 6.05. The van der Waals surface area contributed by atoms with Crippen LogP contribution in [0.25, 0.3) is 0 Å². The fraction of sp³-hybridized carbons (Fsp3) is 0.500. The van der Waals surface area contributed by atoms with Gasteiger partial charge in [-0.05, 0) is 37.0 Å². The summed E-state index contributed by atoms with van der Waals surface area (Å²) >= 11 is 0. The molecule has 1 unspecified atom stereocenters. The van der Waals surface area contributed by atoms with Gasteiger partial charge in [-0.3, -0.25) is 19.7 Å².